The number of aliphatic hydroxyl groups excluding tert-OH is 2. The molecule has 3 unspecified atom stereocenters. The number of rotatable bonds is 3. The first-order valence-electron chi connectivity index (χ1n) is 4.45. The van der Waals surface area contributed by atoms with Crippen LogP contribution in [0.4, 0.5) is 0 Å². The second-order valence-electron chi connectivity index (χ2n) is 3.44. The number of ether oxygens (including phenoxy) is 1. The molecule has 4 N–H and O–H groups in total. The average molecular weight is 204 g/mol. The van der Waals surface area contributed by atoms with Crippen molar-refractivity contribution in [1.29, 1.82) is 0 Å². The highest BCUT2D eigenvalue weighted by Crippen LogP contribution is 2.10. The molecule has 0 aromatic heterocycles. The summed E-state index contributed by atoms with van der Waals surface area (Å²) in [6.07, 6.45) is -1.73. The van der Waals surface area contributed by atoms with Crippen molar-refractivity contribution in [2.75, 3.05) is 26.8 Å². The van der Waals surface area contributed by atoms with Gasteiger partial charge < -0.3 is 25.6 Å². The highest BCUT2D eigenvalue weighted by atomic mass is 16.5. The third kappa shape index (κ3) is 2.42. The summed E-state index contributed by atoms with van der Waals surface area (Å²) in [4.78, 5) is 12.9. The molecule has 6 nitrogen and oxygen atoms in total. The monoisotopic (exact) mass is 204 g/mol. The molecule has 1 aliphatic heterocycles. The van der Waals surface area contributed by atoms with Gasteiger partial charge in [0.15, 0.2) is 0 Å². The summed E-state index contributed by atoms with van der Waals surface area (Å²) in [7, 11) is 1.46. The molecular formula is C8H16N2O4. The summed E-state index contributed by atoms with van der Waals surface area (Å²) in [6, 6.07) is -0.725. The fourth-order valence-corrected chi connectivity index (χ4v) is 1.43. The van der Waals surface area contributed by atoms with Crippen LogP contribution in [0.5, 0.6) is 0 Å². The largest absolute Gasteiger partial charge is 0.388 e. The average Bonchev–Trinajstić information content (AvgIpc) is 2.46. The van der Waals surface area contributed by atoms with Crippen molar-refractivity contribution in [2.45, 2.75) is 18.2 Å². The normalized spacial score (nSPS) is 29.3. The number of hydrogen-bond acceptors (Lipinski definition) is 5. The van der Waals surface area contributed by atoms with Crippen LogP contribution in [0, 0.1) is 0 Å². The molecule has 82 valence electrons. The summed E-state index contributed by atoms with van der Waals surface area (Å²) in [5, 5.41) is 18.4. The van der Waals surface area contributed by atoms with Crippen LogP contribution in [0.2, 0.25) is 0 Å². The standard InChI is InChI=1S/C8H16N2O4/c1-14-4-5(9)8(13)10-2-6(11)7(12)3-10/h5-7,11-12H,2-4,9H2,1H3. The van der Waals surface area contributed by atoms with Crippen LogP contribution in [0.1, 0.15) is 0 Å². The molecule has 1 rings (SSSR count). The Labute approximate surface area is 82.3 Å². The van der Waals surface area contributed by atoms with Crippen molar-refractivity contribution in [1.82, 2.24) is 4.90 Å². The Bertz CT molecular complexity index is 202. The minimum atomic E-state index is -0.867. The molecular weight excluding hydrogens is 188 g/mol. The highest BCUT2D eigenvalue weighted by molar-refractivity contribution is 5.82. The maximum absolute atomic E-state index is 11.5. The van der Waals surface area contributed by atoms with Crippen LogP contribution in [0.25, 0.3) is 0 Å². The van der Waals surface area contributed by atoms with E-state index in [1.54, 1.807) is 0 Å². The van der Waals surface area contributed by atoms with Crippen molar-refractivity contribution in [3.8, 4) is 0 Å². The van der Waals surface area contributed by atoms with Crippen LogP contribution >= 0.6 is 0 Å². The van der Waals surface area contributed by atoms with Crippen molar-refractivity contribution in [3.63, 3.8) is 0 Å². The molecule has 0 aromatic carbocycles. The van der Waals surface area contributed by atoms with E-state index >= 15 is 0 Å². The first-order valence-corrected chi connectivity index (χ1v) is 4.45. The van der Waals surface area contributed by atoms with Gasteiger partial charge >= 0.3 is 0 Å². The van der Waals surface area contributed by atoms with Crippen LogP contribution in [0.15, 0.2) is 0 Å². The maximum atomic E-state index is 11.5. The Morgan fingerprint density at radius 2 is 2.07 bits per heavy atom. The quantitative estimate of drug-likeness (QED) is 0.473. The second-order valence-corrected chi connectivity index (χ2v) is 3.44. The van der Waals surface area contributed by atoms with E-state index < -0.39 is 18.2 Å². The van der Waals surface area contributed by atoms with Crippen molar-refractivity contribution in [2.24, 2.45) is 5.73 Å². The van der Waals surface area contributed by atoms with Crippen molar-refractivity contribution in [3.05, 3.63) is 0 Å². The number of likely N-dealkylation sites (tertiary alicyclic amines) is 1. The number of aliphatic hydroxyl groups is 2. The molecule has 0 aromatic rings. The lowest BCUT2D eigenvalue weighted by Crippen LogP contribution is -2.45. The highest BCUT2D eigenvalue weighted by Gasteiger charge is 2.34. The molecule has 1 saturated heterocycles. The minimum Gasteiger partial charge on any atom is -0.388 e. The summed E-state index contributed by atoms with van der Waals surface area (Å²) >= 11 is 0. The molecule has 1 aliphatic rings. The maximum Gasteiger partial charge on any atom is 0.242 e. The topological polar surface area (TPSA) is 96.0 Å². The molecule has 14 heavy (non-hydrogen) atoms. The predicted molar refractivity (Wildman–Crippen MR) is 48.4 cm³/mol. The Kier molecular flexibility index (Phi) is 3.82. The lowest BCUT2D eigenvalue weighted by molar-refractivity contribution is -0.133. The Hall–Kier alpha value is -0.690. The van der Waals surface area contributed by atoms with Gasteiger partial charge in [-0.2, -0.15) is 0 Å². The third-order valence-electron chi connectivity index (χ3n) is 2.23. The van der Waals surface area contributed by atoms with Crippen molar-refractivity contribution >= 4 is 5.91 Å². The van der Waals surface area contributed by atoms with Gasteiger partial charge in [0.2, 0.25) is 5.91 Å². The number of nitrogens with two attached hydrogens (primary N) is 1. The number of carbonyl (C=O) groups is 1. The third-order valence-corrected chi connectivity index (χ3v) is 2.23. The smallest absolute Gasteiger partial charge is 0.242 e. The summed E-state index contributed by atoms with van der Waals surface area (Å²) in [6.45, 7) is 0.413. The van der Waals surface area contributed by atoms with Gasteiger partial charge in [0.1, 0.15) is 6.04 Å². The molecule has 0 spiro atoms. The summed E-state index contributed by atoms with van der Waals surface area (Å²) < 4.78 is 4.74. The van der Waals surface area contributed by atoms with Crippen LogP contribution < -0.4 is 5.73 Å². The molecule has 0 radical (unpaired) electrons. The van der Waals surface area contributed by atoms with E-state index in [1.165, 1.54) is 12.0 Å². The van der Waals surface area contributed by atoms with E-state index in [4.69, 9.17) is 10.5 Å². The van der Waals surface area contributed by atoms with Gasteiger partial charge in [-0.15, -0.1) is 0 Å². The van der Waals surface area contributed by atoms with Crippen LogP contribution in [-0.2, 0) is 9.53 Å². The Morgan fingerprint density at radius 3 is 2.50 bits per heavy atom. The zero-order valence-corrected chi connectivity index (χ0v) is 8.09. The number of β-amino-alcohol motifs (C(OH)–C–C–N with tert-alkyl or cyclic N) is 2. The van der Waals surface area contributed by atoms with E-state index in [0.717, 1.165) is 0 Å². The van der Waals surface area contributed by atoms with Gasteiger partial charge in [-0.05, 0) is 0 Å². The van der Waals surface area contributed by atoms with Gasteiger partial charge in [0.05, 0.1) is 18.8 Å². The summed E-state index contributed by atoms with van der Waals surface area (Å²) in [5.74, 6) is -0.303. The molecule has 0 bridgehead atoms. The van der Waals surface area contributed by atoms with Gasteiger partial charge in [0, 0.05) is 20.2 Å². The number of nitrogens with zero attached hydrogens (tertiary/aromatic N) is 1. The predicted octanol–water partition coefficient (Wildman–Crippen LogP) is -2.48. The fourth-order valence-electron chi connectivity index (χ4n) is 1.43. The summed E-state index contributed by atoms with van der Waals surface area (Å²) in [5.41, 5.74) is 5.52. The molecule has 0 saturated carbocycles. The first kappa shape index (κ1) is 11.4. The van der Waals surface area contributed by atoms with Crippen LogP contribution in [-0.4, -0.2) is 66.1 Å². The molecule has 0 aliphatic carbocycles. The fraction of sp³-hybridized carbons (Fsp3) is 0.875. The van der Waals surface area contributed by atoms with E-state index in [1.807, 2.05) is 0 Å². The molecule has 1 heterocycles. The first-order chi connectivity index (χ1) is 6.56. The Balaban J connectivity index is 2.46. The Morgan fingerprint density at radius 1 is 1.57 bits per heavy atom. The second kappa shape index (κ2) is 4.70. The van der Waals surface area contributed by atoms with E-state index in [-0.39, 0.29) is 25.6 Å². The molecule has 3 atom stereocenters. The van der Waals surface area contributed by atoms with Gasteiger partial charge in [-0.3, -0.25) is 4.79 Å². The van der Waals surface area contributed by atoms with Crippen LogP contribution in [0.3, 0.4) is 0 Å². The lowest BCUT2D eigenvalue weighted by Gasteiger charge is -2.19. The van der Waals surface area contributed by atoms with Gasteiger partial charge in [-0.1, -0.05) is 0 Å². The molecule has 6 heteroatoms. The van der Waals surface area contributed by atoms with Gasteiger partial charge in [-0.25, -0.2) is 0 Å². The SMILES string of the molecule is COCC(N)C(=O)N1CC(O)C(O)C1. The van der Waals surface area contributed by atoms with E-state index in [9.17, 15) is 15.0 Å². The van der Waals surface area contributed by atoms with E-state index in [0.29, 0.717) is 0 Å². The van der Waals surface area contributed by atoms with Crippen molar-refractivity contribution < 1.29 is 19.7 Å². The minimum absolute atomic E-state index is 0.136. The van der Waals surface area contributed by atoms with Gasteiger partial charge in [0.25, 0.3) is 0 Å². The molecule has 1 fully saturated rings. The number of carbonyl (C=O) groups excluding carboxylic acids is 1. The molecule has 1 amide bonds. The number of amides is 1. The zero-order valence-electron chi connectivity index (χ0n) is 8.09. The number of hydrogen-bond donors (Lipinski definition) is 3. The zero-order chi connectivity index (χ0) is 10.7. The lowest BCUT2D eigenvalue weighted by atomic mass is 10.3. The van der Waals surface area contributed by atoms with E-state index in [2.05, 4.69) is 0 Å². The number of methoxy groups -OCH3 is 1.